The Bertz CT molecular complexity index is 653. The van der Waals surface area contributed by atoms with E-state index in [1.54, 1.807) is 11.3 Å². The Morgan fingerprint density at radius 2 is 2.25 bits per heavy atom. The maximum atomic E-state index is 11.3. The number of amides is 1. The molecule has 20 heavy (non-hydrogen) atoms. The van der Waals surface area contributed by atoms with Crippen molar-refractivity contribution in [1.82, 2.24) is 10.6 Å². The molecule has 1 aliphatic rings. The lowest BCUT2D eigenvalue weighted by Crippen LogP contribution is -2.40. The van der Waals surface area contributed by atoms with Gasteiger partial charge in [0.15, 0.2) is 0 Å². The highest BCUT2D eigenvalue weighted by molar-refractivity contribution is 7.15. The maximum Gasteiger partial charge on any atom is 0.218 e. The molecule has 0 fully saturated rings. The first-order valence-electron chi connectivity index (χ1n) is 6.53. The number of benzene rings is 1. The molecule has 3 rings (SSSR count). The van der Waals surface area contributed by atoms with Gasteiger partial charge in [0.25, 0.3) is 0 Å². The van der Waals surface area contributed by atoms with Crippen molar-refractivity contribution in [3.05, 3.63) is 45.8 Å². The van der Waals surface area contributed by atoms with E-state index in [1.165, 1.54) is 11.8 Å². The molecular formula is C15H15ClN2OS. The number of fused-ring (bicyclic) bond motifs is 1. The summed E-state index contributed by atoms with van der Waals surface area (Å²) < 4.78 is 0. The molecule has 0 radical (unpaired) electrons. The predicted octanol–water partition coefficient (Wildman–Crippen LogP) is 3.35. The van der Waals surface area contributed by atoms with E-state index in [0.717, 1.165) is 34.0 Å². The number of halogens is 1. The molecule has 0 saturated carbocycles. The molecule has 1 atom stereocenters. The molecule has 1 amide bonds. The maximum absolute atomic E-state index is 11.3. The van der Waals surface area contributed by atoms with Crippen LogP contribution in [0.25, 0.3) is 10.4 Å². The van der Waals surface area contributed by atoms with Gasteiger partial charge in [-0.2, -0.15) is 0 Å². The summed E-state index contributed by atoms with van der Waals surface area (Å²) in [5.74, 6) is -0.0270. The molecule has 5 heteroatoms. The Labute approximate surface area is 127 Å². The van der Waals surface area contributed by atoms with Crippen LogP contribution in [-0.2, 0) is 11.2 Å². The summed E-state index contributed by atoms with van der Waals surface area (Å²) in [4.78, 5) is 13.8. The molecule has 104 valence electrons. The van der Waals surface area contributed by atoms with Crippen LogP contribution in [0.2, 0.25) is 5.02 Å². The average Bonchev–Trinajstić information content (AvgIpc) is 2.83. The Hall–Kier alpha value is -1.36. The third kappa shape index (κ3) is 2.59. The van der Waals surface area contributed by atoms with Gasteiger partial charge < -0.3 is 5.32 Å². The molecule has 1 aromatic carbocycles. The monoisotopic (exact) mass is 306 g/mol. The van der Waals surface area contributed by atoms with Crippen LogP contribution in [0.15, 0.2) is 30.3 Å². The number of hydrogen-bond donors (Lipinski definition) is 2. The first-order chi connectivity index (χ1) is 9.65. The minimum Gasteiger partial charge on any atom is -0.337 e. The minimum absolute atomic E-state index is 0.0270. The van der Waals surface area contributed by atoms with Crippen LogP contribution in [0, 0.1) is 0 Å². The van der Waals surface area contributed by atoms with Crippen molar-refractivity contribution in [2.45, 2.75) is 19.5 Å². The molecular weight excluding hydrogens is 292 g/mol. The Morgan fingerprint density at radius 3 is 3.00 bits per heavy atom. The van der Waals surface area contributed by atoms with Gasteiger partial charge in [-0.3, -0.25) is 10.1 Å². The van der Waals surface area contributed by atoms with Crippen molar-refractivity contribution in [2.75, 3.05) is 6.54 Å². The second kappa shape index (κ2) is 5.56. The van der Waals surface area contributed by atoms with Crippen molar-refractivity contribution in [1.29, 1.82) is 0 Å². The molecule has 1 aromatic heterocycles. The summed E-state index contributed by atoms with van der Waals surface area (Å²) in [7, 11) is 0. The fourth-order valence-corrected chi connectivity index (χ4v) is 3.98. The summed E-state index contributed by atoms with van der Waals surface area (Å²) in [6, 6.07) is 9.98. The third-order valence-corrected chi connectivity index (χ3v) is 4.91. The van der Waals surface area contributed by atoms with Gasteiger partial charge in [-0.15, -0.1) is 11.3 Å². The number of carbonyl (C=O) groups excluding carboxylic acids is 1. The van der Waals surface area contributed by atoms with E-state index in [1.807, 2.05) is 24.3 Å². The summed E-state index contributed by atoms with van der Waals surface area (Å²) in [6.07, 6.45) is 0.893. The van der Waals surface area contributed by atoms with Gasteiger partial charge >= 0.3 is 0 Å². The fraction of sp³-hybridized carbons (Fsp3) is 0.267. The Kier molecular flexibility index (Phi) is 3.78. The van der Waals surface area contributed by atoms with Gasteiger partial charge in [0, 0.05) is 39.4 Å². The summed E-state index contributed by atoms with van der Waals surface area (Å²) in [6.45, 7) is 2.41. The Morgan fingerprint density at radius 1 is 1.45 bits per heavy atom. The molecule has 0 spiro atoms. The second-order valence-electron chi connectivity index (χ2n) is 4.81. The van der Waals surface area contributed by atoms with E-state index in [0.29, 0.717) is 0 Å². The van der Waals surface area contributed by atoms with Gasteiger partial charge in [-0.1, -0.05) is 29.8 Å². The Balaban J connectivity index is 1.99. The first kappa shape index (κ1) is 13.6. The van der Waals surface area contributed by atoms with E-state index < -0.39 is 0 Å². The normalized spacial score (nSPS) is 17.6. The van der Waals surface area contributed by atoms with Crippen molar-refractivity contribution in [2.24, 2.45) is 0 Å². The van der Waals surface area contributed by atoms with Crippen molar-refractivity contribution < 1.29 is 4.79 Å². The topological polar surface area (TPSA) is 41.1 Å². The van der Waals surface area contributed by atoms with Crippen LogP contribution in [0.1, 0.15) is 23.5 Å². The highest BCUT2D eigenvalue weighted by Gasteiger charge is 2.23. The van der Waals surface area contributed by atoms with Crippen LogP contribution >= 0.6 is 22.9 Å². The highest BCUT2D eigenvalue weighted by Crippen LogP contribution is 2.38. The molecule has 0 aliphatic carbocycles. The number of rotatable bonds is 2. The molecule has 3 nitrogen and oxygen atoms in total. The highest BCUT2D eigenvalue weighted by atomic mass is 35.5. The van der Waals surface area contributed by atoms with E-state index >= 15 is 0 Å². The van der Waals surface area contributed by atoms with Crippen LogP contribution < -0.4 is 10.6 Å². The number of hydrogen-bond acceptors (Lipinski definition) is 3. The minimum atomic E-state index is -0.0938. The lowest BCUT2D eigenvalue weighted by atomic mass is 10.1. The number of nitrogens with one attached hydrogen (secondary N) is 2. The van der Waals surface area contributed by atoms with E-state index in [-0.39, 0.29) is 12.1 Å². The van der Waals surface area contributed by atoms with Crippen molar-refractivity contribution in [3.63, 3.8) is 0 Å². The van der Waals surface area contributed by atoms with Crippen LogP contribution in [0.3, 0.4) is 0 Å². The zero-order valence-corrected chi connectivity index (χ0v) is 12.6. The fourth-order valence-electron chi connectivity index (χ4n) is 2.45. The summed E-state index contributed by atoms with van der Waals surface area (Å²) in [5, 5.41) is 7.03. The second-order valence-corrected chi connectivity index (χ2v) is 6.35. The summed E-state index contributed by atoms with van der Waals surface area (Å²) in [5.41, 5.74) is 2.21. The van der Waals surface area contributed by atoms with Gasteiger partial charge in [0.2, 0.25) is 5.91 Å². The number of thiophene rings is 1. The molecule has 2 heterocycles. The first-order valence-corrected chi connectivity index (χ1v) is 7.72. The average molecular weight is 307 g/mol. The third-order valence-electron chi connectivity index (χ3n) is 3.34. The quantitative estimate of drug-likeness (QED) is 0.893. The predicted molar refractivity (Wildman–Crippen MR) is 83.0 cm³/mol. The molecule has 0 bridgehead atoms. The molecule has 0 saturated heterocycles. The summed E-state index contributed by atoms with van der Waals surface area (Å²) >= 11 is 8.02. The van der Waals surface area contributed by atoms with Gasteiger partial charge in [0.05, 0.1) is 0 Å². The van der Waals surface area contributed by atoms with Crippen LogP contribution in [0.5, 0.6) is 0 Å². The molecule has 2 aromatic rings. The SMILES string of the molecule is CC(=O)NC1NCCc2sc(-c3ccccc3Cl)cc21. The largest absolute Gasteiger partial charge is 0.337 e. The van der Waals surface area contributed by atoms with Crippen LogP contribution in [0.4, 0.5) is 0 Å². The molecule has 1 unspecified atom stereocenters. The molecule has 1 aliphatic heterocycles. The van der Waals surface area contributed by atoms with Gasteiger partial charge in [-0.25, -0.2) is 0 Å². The van der Waals surface area contributed by atoms with E-state index in [4.69, 9.17) is 11.6 Å². The standard InChI is InChI=1S/C15H15ClN2OS/c1-9(19)18-15-11-8-14(20-13(11)6-7-17-15)10-4-2-3-5-12(10)16/h2-5,8,15,17H,6-7H2,1H3,(H,18,19). The zero-order valence-electron chi connectivity index (χ0n) is 11.1. The lowest BCUT2D eigenvalue weighted by Gasteiger charge is -2.24. The van der Waals surface area contributed by atoms with Crippen molar-refractivity contribution >= 4 is 28.8 Å². The zero-order chi connectivity index (χ0) is 14.1. The van der Waals surface area contributed by atoms with E-state index in [9.17, 15) is 4.79 Å². The smallest absolute Gasteiger partial charge is 0.218 e. The van der Waals surface area contributed by atoms with Crippen molar-refractivity contribution in [3.8, 4) is 10.4 Å². The van der Waals surface area contributed by atoms with E-state index in [2.05, 4.69) is 16.7 Å². The number of carbonyl (C=O) groups is 1. The lowest BCUT2D eigenvalue weighted by molar-refractivity contribution is -0.119. The van der Waals surface area contributed by atoms with Gasteiger partial charge in [0.1, 0.15) is 6.17 Å². The van der Waals surface area contributed by atoms with Crippen LogP contribution in [-0.4, -0.2) is 12.5 Å². The van der Waals surface area contributed by atoms with Gasteiger partial charge in [-0.05, 0) is 18.6 Å². The molecule has 2 N–H and O–H groups in total.